The van der Waals surface area contributed by atoms with Crippen LogP contribution in [0, 0.1) is 12.8 Å². The van der Waals surface area contributed by atoms with Crippen LogP contribution in [0.25, 0.3) is 21.8 Å². The van der Waals surface area contributed by atoms with Crippen molar-refractivity contribution in [3.05, 3.63) is 44.8 Å². The van der Waals surface area contributed by atoms with E-state index in [4.69, 9.17) is 11.6 Å². The Kier molecular flexibility index (Phi) is 8.97. The third-order valence-electron chi connectivity index (χ3n) is 6.85. The quantitative estimate of drug-likeness (QED) is 0.238. The van der Waals surface area contributed by atoms with Gasteiger partial charge in [0.05, 0.1) is 29.3 Å². The SMILES string of the molecule is Cc1c(CCCC(CCC(C)O)CC(C)O)c2c3c(Cl)cc(=O)[nH]c3ccc2n1CC(F)(F)C(F)(F)F. The number of H-pyrrole nitrogens is 1. The fourth-order valence-corrected chi connectivity index (χ4v) is 5.36. The highest BCUT2D eigenvalue weighted by Crippen LogP contribution is 2.41. The average Bonchev–Trinajstić information content (AvgIpc) is 3.01. The molecule has 11 heteroatoms. The van der Waals surface area contributed by atoms with E-state index in [0.29, 0.717) is 60.4 Å². The van der Waals surface area contributed by atoms with Crippen LogP contribution in [0.4, 0.5) is 22.0 Å². The van der Waals surface area contributed by atoms with Crippen molar-refractivity contribution < 1.29 is 32.2 Å². The first-order chi connectivity index (χ1) is 17.1. The molecule has 0 aliphatic rings. The summed E-state index contributed by atoms with van der Waals surface area (Å²) in [6.07, 6.45) is -3.34. The molecule has 0 amide bonds. The third-order valence-corrected chi connectivity index (χ3v) is 7.15. The number of nitrogens with zero attached hydrogens (tertiary/aromatic N) is 1. The van der Waals surface area contributed by atoms with Gasteiger partial charge in [-0.15, -0.1) is 0 Å². The van der Waals surface area contributed by atoms with Gasteiger partial charge in [0.1, 0.15) is 0 Å². The van der Waals surface area contributed by atoms with Gasteiger partial charge in [0, 0.05) is 28.0 Å². The van der Waals surface area contributed by atoms with E-state index >= 15 is 0 Å². The van der Waals surface area contributed by atoms with Gasteiger partial charge in [-0.3, -0.25) is 4.79 Å². The lowest BCUT2D eigenvalue weighted by molar-refractivity contribution is -0.286. The lowest BCUT2D eigenvalue weighted by Crippen LogP contribution is -2.40. The maximum Gasteiger partial charge on any atom is 0.455 e. The van der Waals surface area contributed by atoms with Crippen LogP contribution in [0.3, 0.4) is 0 Å². The highest BCUT2D eigenvalue weighted by molar-refractivity contribution is 6.37. The number of aromatic amines is 1. The molecule has 0 radical (unpaired) electrons. The van der Waals surface area contributed by atoms with Crippen LogP contribution in [-0.4, -0.2) is 44.1 Å². The predicted molar refractivity (Wildman–Crippen MR) is 134 cm³/mol. The van der Waals surface area contributed by atoms with Gasteiger partial charge in [-0.05, 0) is 76.5 Å². The van der Waals surface area contributed by atoms with Crippen LogP contribution in [0.2, 0.25) is 5.02 Å². The molecular weight excluding hydrogens is 519 g/mol. The Hall–Kier alpha value is -2.17. The minimum absolute atomic E-state index is 0.0780. The molecule has 37 heavy (non-hydrogen) atoms. The summed E-state index contributed by atoms with van der Waals surface area (Å²) in [5.41, 5.74) is 0.920. The second-order valence-corrected chi connectivity index (χ2v) is 10.4. The zero-order valence-electron chi connectivity index (χ0n) is 20.9. The molecule has 0 saturated heterocycles. The number of rotatable bonds is 11. The Labute approximate surface area is 216 Å². The Balaban J connectivity index is 2.07. The second-order valence-electron chi connectivity index (χ2n) is 9.99. The number of aliphatic hydroxyl groups is 2. The molecule has 206 valence electrons. The van der Waals surface area contributed by atoms with Gasteiger partial charge in [-0.25, -0.2) is 0 Å². The Morgan fingerprint density at radius 3 is 2.30 bits per heavy atom. The zero-order valence-corrected chi connectivity index (χ0v) is 21.7. The highest BCUT2D eigenvalue weighted by atomic mass is 35.5. The molecule has 0 aliphatic heterocycles. The van der Waals surface area contributed by atoms with E-state index in [-0.39, 0.29) is 22.2 Å². The lowest BCUT2D eigenvalue weighted by Gasteiger charge is -2.22. The van der Waals surface area contributed by atoms with E-state index in [0.717, 1.165) is 10.6 Å². The van der Waals surface area contributed by atoms with E-state index in [9.17, 15) is 37.0 Å². The van der Waals surface area contributed by atoms with E-state index < -0.39 is 36.4 Å². The molecule has 3 aromatic rings. The van der Waals surface area contributed by atoms with Gasteiger partial charge in [0.15, 0.2) is 0 Å². The number of hydrogen-bond donors (Lipinski definition) is 3. The molecule has 0 aliphatic carbocycles. The van der Waals surface area contributed by atoms with E-state index in [1.54, 1.807) is 13.8 Å². The van der Waals surface area contributed by atoms with Gasteiger partial charge < -0.3 is 19.8 Å². The number of aryl methyl sites for hydroxylation is 1. The first-order valence-electron chi connectivity index (χ1n) is 12.3. The van der Waals surface area contributed by atoms with Crippen LogP contribution >= 0.6 is 11.6 Å². The summed E-state index contributed by atoms with van der Waals surface area (Å²) in [7, 11) is 0. The van der Waals surface area contributed by atoms with Crippen molar-refractivity contribution in [1.29, 1.82) is 0 Å². The van der Waals surface area contributed by atoms with Gasteiger partial charge in [-0.1, -0.05) is 18.0 Å². The topological polar surface area (TPSA) is 78.2 Å². The Morgan fingerprint density at radius 1 is 1.03 bits per heavy atom. The molecule has 0 fully saturated rings. The summed E-state index contributed by atoms with van der Waals surface area (Å²) >= 11 is 6.38. The highest BCUT2D eigenvalue weighted by Gasteiger charge is 2.57. The van der Waals surface area contributed by atoms with Crippen LogP contribution in [0.1, 0.15) is 57.2 Å². The number of hydrogen-bond acceptors (Lipinski definition) is 3. The van der Waals surface area contributed by atoms with E-state index in [2.05, 4.69) is 4.98 Å². The summed E-state index contributed by atoms with van der Waals surface area (Å²) in [5, 5.41) is 20.4. The summed E-state index contributed by atoms with van der Waals surface area (Å²) in [4.78, 5) is 14.6. The number of benzene rings is 1. The lowest BCUT2D eigenvalue weighted by atomic mass is 9.89. The van der Waals surface area contributed by atoms with Crippen LogP contribution in [0.15, 0.2) is 23.0 Å². The van der Waals surface area contributed by atoms with Crippen molar-refractivity contribution in [1.82, 2.24) is 9.55 Å². The van der Waals surface area contributed by atoms with Crippen molar-refractivity contribution in [2.24, 2.45) is 5.92 Å². The monoisotopic (exact) mass is 550 g/mol. The number of halogens is 6. The molecule has 5 nitrogen and oxygen atoms in total. The number of fused-ring (bicyclic) bond motifs is 3. The molecule has 0 bridgehead atoms. The normalized spacial score (nSPS) is 15.4. The van der Waals surface area contributed by atoms with Crippen molar-refractivity contribution in [3.8, 4) is 0 Å². The maximum absolute atomic E-state index is 14.1. The van der Waals surface area contributed by atoms with Gasteiger partial charge in [0.2, 0.25) is 5.56 Å². The number of pyridine rings is 1. The number of nitrogens with one attached hydrogen (secondary N) is 1. The maximum atomic E-state index is 14.1. The van der Waals surface area contributed by atoms with Crippen molar-refractivity contribution in [2.75, 3.05) is 0 Å². The van der Waals surface area contributed by atoms with E-state index in [1.165, 1.54) is 19.1 Å². The molecule has 0 saturated carbocycles. The molecule has 0 spiro atoms. The summed E-state index contributed by atoms with van der Waals surface area (Å²) < 4.78 is 68.5. The Morgan fingerprint density at radius 2 is 1.70 bits per heavy atom. The minimum Gasteiger partial charge on any atom is -0.393 e. The van der Waals surface area contributed by atoms with Crippen molar-refractivity contribution >= 4 is 33.4 Å². The van der Waals surface area contributed by atoms with Crippen LogP contribution in [-0.2, 0) is 13.0 Å². The molecule has 3 N–H and O–H groups in total. The first-order valence-corrected chi connectivity index (χ1v) is 12.6. The molecule has 2 heterocycles. The van der Waals surface area contributed by atoms with Crippen molar-refractivity contribution in [3.63, 3.8) is 0 Å². The molecule has 3 unspecified atom stereocenters. The van der Waals surface area contributed by atoms with Crippen LogP contribution in [0.5, 0.6) is 0 Å². The number of alkyl halides is 5. The summed E-state index contributed by atoms with van der Waals surface area (Å²) in [6, 6.07) is 4.02. The largest absolute Gasteiger partial charge is 0.455 e. The molecular formula is C26H32ClF5N2O3. The number of aliphatic hydroxyl groups excluding tert-OH is 2. The van der Waals surface area contributed by atoms with Crippen molar-refractivity contribution in [2.45, 2.75) is 90.1 Å². The number of aromatic nitrogens is 2. The molecule has 1 aromatic carbocycles. The molecule has 2 aromatic heterocycles. The van der Waals surface area contributed by atoms with Gasteiger partial charge >= 0.3 is 12.1 Å². The fourth-order valence-electron chi connectivity index (χ4n) is 5.06. The molecule has 3 rings (SSSR count). The average molecular weight is 551 g/mol. The molecule has 3 atom stereocenters. The van der Waals surface area contributed by atoms with Gasteiger partial charge in [0.25, 0.3) is 0 Å². The van der Waals surface area contributed by atoms with E-state index in [1.807, 2.05) is 0 Å². The van der Waals surface area contributed by atoms with Gasteiger partial charge in [-0.2, -0.15) is 22.0 Å². The third kappa shape index (κ3) is 6.64. The van der Waals surface area contributed by atoms with Crippen LogP contribution < -0.4 is 5.56 Å². The smallest absolute Gasteiger partial charge is 0.393 e. The minimum atomic E-state index is -5.71. The standard InChI is InChI=1S/C26H32ClF5N2O3/c1-14(35)7-8-17(11-15(2)36)5-4-6-18-16(3)34(13-25(28,29)26(30,31)32)21-10-9-20-24(23(18)21)19(27)12-22(37)33-20/h9-10,12,14-15,17,35-36H,4-8,11,13H2,1-3H3,(H,33,37). The zero-order chi connectivity index (χ0) is 27.7. The summed E-state index contributed by atoms with van der Waals surface area (Å²) in [6.45, 7) is 3.30. The first kappa shape index (κ1) is 29.4. The predicted octanol–water partition coefficient (Wildman–Crippen LogP) is 6.51. The fraction of sp³-hybridized carbons (Fsp3) is 0.577. The second kappa shape index (κ2) is 11.3. The Bertz CT molecular complexity index is 1300. The summed E-state index contributed by atoms with van der Waals surface area (Å²) in [5.74, 6) is -4.84.